The third-order valence-corrected chi connectivity index (χ3v) is 7.33. The molecule has 2 aromatic rings. The molecule has 6 heteroatoms. The van der Waals surface area contributed by atoms with Crippen molar-refractivity contribution in [2.45, 2.75) is 38.5 Å². The van der Waals surface area contributed by atoms with E-state index in [1.54, 1.807) is 0 Å². The number of carbonyl (C=O) groups is 1. The number of rotatable bonds is 5. The Bertz CT molecular complexity index is 895. The fourth-order valence-corrected chi connectivity index (χ4v) is 5.25. The zero-order valence-electron chi connectivity index (χ0n) is 17.4. The lowest BCUT2D eigenvalue weighted by Gasteiger charge is -2.29. The van der Waals surface area contributed by atoms with Crippen LogP contribution in [0, 0.1) is 11.8 Å². The quantitative estimate of drug-likeness (QED) is 0.681. The summed E-state index contributed by atoms with van der Waals surface area (Å²) in [6, 6.07) is 10.1. The van der Waals surface area contributed by atoms with Crippen molar-refractivity contribution in [1.82, 2.24) is 14.9 Å². The lowest BCUT2D eigenvalue weighted by molar-refractivity contribution is -0.135. The first kappa shape index (κ1) is 19.9. The van der Waals surface area contributed by atoms with Gasteiger partial charge < -0.3 is 9.64 Å². The maximum absolute atomic E-state index is 13.1. The first-order valence-electron chi connectivity index (χ1n) is 11.2. The summed E-state index contributed by atoms with van der Waals surface area (Å²) in [7, 11) is 0. The summed E-state index contributed by atoms with van der Waals surface area (Å²) in [4.78, 5) is 24.9. The molecule has 0 bridgehead atoms. The van der Waals surface area contributed by atoms with E-state index in [0.29, 0.717) is 11.8 Å². The van der Waals surface area contributed by atoms with Crippen molar-refractivity contribution in [3.8, 4) is 17.3 Å². The summed E-state index contributed by atoms with van der Waals surface area (Å²) < 4.78 is 6.21. The van der Waals surface area contributed by atoms with Crippen LogP contribution in [0.25, 0.3) is 11.4 Å². The molecule has 2 heterocycles. The molecule has 0 spiro atoms. The maximum atomic E-state index is 13.1. The lowest BCUT2D eigenvalue weighted by Crippen LogP contribution is -2.41. The number of aryl methyl sites for hydroxylation is 1. The molecular formula is C24H29N3O2S. The molecule has 1 unspecified atom stereocenters. The maximum Gasteiger partial charge on any atom is 0.225 e. The van der Waals surface area contributed by atoms with Crippen LogP contribution < -0.4 is 4.74 Å². The summed E-state index contributed by atoms with van der Waals surface area (Å²) in [5, 5.41) is 0. The zero-order valence-corrected chi connectivity index (χ0v) is 18.2. The Morgan fingerprint density at radius 1 is 1.03 bits per heavy atom. The molecule has 2 fully saturated rings. The summed E-state index contributed by atoms with van der Waals surface area (Å²) >= 11 is 1.94. The summed E-state index contributed by atoms with van der Waals surface area (Å²) in [5.41, 5.74) is 3.21. The van der Waals surface area contributed by atoms with E-state index in [1.807, 2.05) is 42.1 Å². The number of thioether (sulfide) groups is 1. The molecule has 1 atom stereocenters. The summed E-state index contributed by atoms with van der Waals surface area (Å²) in [5.74, 6) is 4.69. The van der Waals surface area contributed by atoms with Crippen molar-refractivity contribution >= 4 is 17.7 Å². The SMILES string of the molecule is O=C(C1CCc2nc(-c3ccccc3)nc(OCC3CC3)c2CC1)N1CCSCC1. The number of benzene rings is 1. The zero-order chi connectivity index (χ0) is 20.3. The highest BCUT2D eigenvalue weighted by atomic mass is 32.2. The fraction of sp³-hybridized carbons (Fsp3) is 0.542. The molecule has 5 nitrogen and oxygen atoms in total. The second-order valence-electron chi connectivity index (χ2n) is 8.61. The van der Waals surface area contributed by atoms with Gasteiger partial charge in [-0.15, -0.1) is 0 Å². The van der Waals surface area contributed by atoms with Gasteiger partial charge in [-0.25, -0.2) is 4.98 Å². The van der Waals surface area contributed by atoms with Gasteiger partial charge in [0.05, 0.1) is 12.3 Å². The number of carbonyl (C=O) groups excluding carboxylic acids is 1. The average Bonchev–Trinajstić information content (AvgIpc) is 3.65. The van der Waals surface area contributed by atoms with E-state index >= 15 is 0 Å². The van der Waals surface area contributed by atoms with Gasteiger partial charge in [0, 0.05) is 41.6 Å². The van der Waals surface area contributed by atoms with Gasteiger partial charge in [0.15, 0.2) is 5.82 Å². The van der Waals surface area contributed by atoms with E-state index < -0.39 is 0 Å². The summed E-state index contributed by atoms with van der Waals surface area (Å²) in [6.07, 6.45) is 5.87. The van der Waals surface area contributed by atoms with Crippen molar-refractivity contribution in [3.05, 3.63) is 41.6 Å². The Labute approximate surface area is 182 Å². The van der Waals surface area contributed by atoms with Crippen LogP contribution in [0.15, 0.2) is 30.3 Å². The molecule has 1 amide bonds. The van der Waals surface area contributed by atoms with Crippen molar-refractivity contribution in [2.24, 2.45) is 11.8 Å². The molecule has 0 radical (unpaired) electrons. The first-order valence-corrected chi connectivity index (χ1v) is 12.4. The molecule has 1 saturated heterocycles. The van der Waals surface area contributed by atoms with Crippen LogP contribution in [-0.4, -0.2) is 52.0 Å². The standard InChI is InChI=1S/C24H29N3O2S/c28-24(27-12-14-30-15-13-27)19-8-10-20-21(11-9-19)25-22(18-4-2-1-3-5-18)26-23(20)29-16-17-6-7-17/h1-5,17,19H,6-16H2. The highest BCUT2D eigenvalue weighted by Crippen LogP contribution is 2.34. The lowest BCUT2D eigenvalue weighted by atomic mass is 9.98. The van der Waals surface area contributed by atoms with Crippen molar-refractivity contribution < 1.29 is 9.53 Å². The third kappa shape index (κ3) is 4.48. The minimum atomic E-state index is 0.0822. The van der Waals surface area contributed by atoms with Crippen LogP contribution >= 0.6 is 11.8 Å². The number of amides is 1. The molecular weight excluding hydrogens is 394 g/mol. The Kier molecular flexibility index (Phi) is 5.93. The van der Waals surface area contributed by atoms with Crippen LogP contribution in [-0.2, 0) is 17.6 Å². The number of ether oxygens (including phenoxy) is 1. The topological polar surface area (TPSA) is 55.3 Å². The molecule has 1 aliphatic heterocycles. The van der Waals surface area contributed by atoms with Gasteiger partial charge >= 0.3 is 0 Å². The largest absolute Gasteiger partial charge is 0.477 e. The summed E-state index contributed by atoms with van der Waals surface area (Å²) in [6.45, 7) is 2.52. The molecule has 1 aromatic carbocycles. The highest BCUT2D eigenvalue weighted by Gasteiger charge is 2.30. The van der Waals surface area contributed by atoms with Crippen LogP contribution in [0.1, 0.15) is 36.9 Å². The van der Waals surface area contributed by atoms with Crippen molar-refractivity contribution in [1.29, 1.82) is 0 Å². The van der Waals surface area contributed by atoms with E-state index in [0.717, 1.165) is 85.4 Å². The van der Waals surface area contributed by atoms with E-state index in [-0.39, 0.29) is 5.92 Å². The van der Waals surface area contributed by atoms with Crippen molar-refractivity contribution in [2.75, 3.05) is 31.2 Å². The third-order valence-electron chi connectivity index (χ3n) is 6.38. The number of nitrogens with zero attached hydrogens (tertiary/aromatic N) is 3. The number of fused-ring (bicyclic) bond motifs is 1. The van der Waals surface area contributed by atoms with E-state index in [1.165, 1.54) is 12.8 Å². The van der Waals surface area contributed by atoms with E-state index in [2.05, 4.69) is 4.90 Å². The van der Waals surface area contributed by atoms with Gasteiger partial charge in [0.1, 0.15) is 0 Å². The highest BCUT2D eigenvalue weighted by molar-refractivity contribution is 7.99. The fourth-order valence-electron chi connectivity index (χ4n) is 4.35. The van der Waals surface area contributed by atoms with Gasteiger partial charge in [-0.1, -0.05) is 30.3 Å². The van der Waals surface area contributed by atoms with Crippen molar-refractivity contribution in [3.63, 3.8) is 0 Å². The Hall–Kier alpha value is -2.08. The number of hydrogen-bond acceptors (Lipinski definition) is 5. The second-order valence-corrected chi connectivity index (χ2v) is 9.83. The predicted octanol–water partition coefficient (Wildman–Crippen LogP) is 4.00. The van der Waals surface area contributed by atoms with Gasteiger partial charge in [-0.05, 0) is 44.4 Å². The molecule has 30 heavy (non-hydrogen) atoms. The minimum absolute atomic E-state index is 0.0822. The van der Waals surface area contributed by atoms with Gasteiger partial charge in [-0.2, -0.15) is 16.7 Å². The molecule has 2 aliphatic carbocycles. The van der Waals surface area contributed by atoms with E-state index in [9.17, 15) is 4.79 Å². The van der Waals surface area contributed by atoms with Crippen LogP contribution in [0.3, 0.4) is 0 Å². The van der Waals surface area contributed by atoms with Crippen LogP contribution in [0.4, 0.5) is 0 Å². The van der Waals surface area contributed by atoms with Crippen LogP contribution in [0.2, 0.25) is 0 Å². The average molecular weight is 424 g/mol. The smallest absolute Gasteiger partial charge is 0.225 e. The molecule has 0 N–H and O–H groups in total. The second kappa shape index (κ2) is 8.96. The Morgan fingerprint density at radius 2 is 1.80 bits per heavy atom. The molecule has 1 aromatic heterocycles. The van der Waals surface area contributed by atoms with Gasteiger partial charge in [-0.3, -0.25) is 4.79 Å². The molecule has 5 rings (SSSR count). The first-order chi connectivity index (χ1) is 14.8. The Balaban J connectivity index is 1.39. The number of aromatic nitrogens is 2. The predicted molar refractivity (Wildman–Crippen MR) is 120 cm³/mol. The van der Waals surface area contributed by atoms with Crippen LogP contribution in [0.5, 0.6) is 5.88 Å². The normalized spacial score (nSPS) is 21.6. The monoisotopic (exact) mass is 423 g/mol. The number of hydrogen-bond donors (Lipinski definition) is 0. The molecule has 158 valence electrons. The molecule has 1 saturated carbocycles. The molecule has 3 aliphatic rings. The van der Waals surface area contributed by atoms with Gasteiger partial charge in [0.25, 0.3) is 0 Å². The minimum Gasteiger partial charge on any atom is -0.477 e. The Morgan fingerprint density at radius 3 is 2.57 bits per heavy atom. The van der Waals surface area contributed by atoms with E-state index in [4.69, 9.17) is 14.7 Å². The van der Waals surface area contributed by atoms with Gasteiger partial charge in [0.2, 0.25) is 11.8 Å².